The summed E-state index contributed by atoms with van der Waals surface area (Å²) in [6.07, 6.45) is 49.6. The van der Waals surface area contributed by atoms with E-state index in [0.29, 0.717) is 0 Å². The molecule has 0 saturated heterocycles. The third-order valence-corrected chi connectivity index (χ3v) is 9.48. The molecule has 248 valence electrons. The molecule has 0 N–H and O–H groups in total. The van der Waals surface area contributed by atoms with Crippen LogP contribution in [0.25, 0.3) is 0 Å². The minimum absolute atomic E-state index is 1.37. The highest BCUT2D eigenvalue weighted by Gasteiger charge is 2.05. The molecule has 1 heteroatoms. The summed E-state index contributed by atoms with van der Waals surface area (Å²) in [6, 6.07) is 0. The van der Waals surface area contributed by atoms with Gasteiger partial charge in [-0.25, -0.2) is 0 Å². The second-order valence-corrected chi connectivity index (χ2v) is 13.8. The van der Waals surface area contributed by atoms with Gasteiger partial charge in [-0.15, -0.1) is 0 Å². The number of hydrogen-bond donors (Lipinski definition) is 0. The molecule has 0 atom stereocenters. The molecule has 41 heavy (non-hydrogen) atoms. The lowest BCUT2D eigenvalue weighted by Crippen LogP contribution is -2.27. The highest BCUT2D eigenvalue weighted by molar-refractivity contribution is 4.61. The van der Waals surface area contributed by atoms with Crippen molar-refractivity contribution in [1.29, 1.82) is 0 Å². The van der Waals surface area contributed by atoms with Gasteiger partial charge >= 0.3 is 0 Å². The van der Waals surface area contributed by atoms with Crippen LogP contribution in [0, 0.1) is 0 Å². The van der Waals surface area contributed by atoms with Crippen LogP contribution in [-0.4, -0.2) is 24.5 Å². The van der Waals surface area contributed by atoms with Crippen molar-refractivity contribution in [1.82, 2.24) is 4.90 Å². The van der Waals surface area contributed by atoms with Crippen LogP contribution in [0.4, 0.5) is 0 Å². The van der Waals surface area contributed by atoms with Crippen LogP contribution in [-0.2, 0) is 0 Å². The SMILES string of the molecule is CCCCCCCCCCCCCCN(CCCCCCCCCCCCC)CCCCCCCCCCCCC. The van der Waals surface area contributed by atoms with Gasteiger partial charge in [0.1, 0.15) is 0 Å². The normalized spacial score (nSPS) is 11.7. The Morgan fingerprint density at radius 3 is 0.512 bits per heavy atom. The van der Waals surface area contributed by atoms with Crippen LogP contribution >= 0.6 is 0 Å². The Kier molecular flexibility index (Phi) is 37.9. The summed E-state index contributed by atoms with van der Waals surface area (Å²) in [5.74, 6) is 0. The molecule has 0 amide bonds. The number of hydrogen-bond acceptors (Lipinski definition) is 1. The standard InChI is InChI=1S/C40H83N/c1-4-7-10-13-16-19-22-25-28-31-34-37-40-41(38-35-32-29-26-23-20-17-14-11-8-5-2)39-36-33-30-27-24-21-18-15-12-9-6-3/h4-40H2,1-3H3. The van der Waals surface area contributed by atoms with Crippen molar-refractivity contribution in [2.45, 2.75) is 239 Å². The second kappa shape index (κ2) is 38.0. The van der Waals surface area contributed by atoms with Crippen LogP contribution in [0.1, 0.15) is 239 Å². The molecule has 0 aliphatic rings. The molecule has 0 heterocycles. The Labute approximate surface area is 263 Å². The quantitative estimate of drug-likeness (QED) is 0.0664. The van der Waals surface area contributed by atoms with E-state index in [2.05, 4.69) is 25.7 Å². The predicted octanol–water partition coefficient (Wildman–Crippen LogP) is 14.6. The molecule has 0 unspecified atom stereocenters. The first-order valence-corrected chi connectivity index (χ1v) is 20.1. The first-order chi connectivity index (χ1) is 20.3. The maximum absolute atomic E-state index is 2.86. The lowest BCUT2D eigenvalue weighted by molar-refractivity contribution is 0.254. The van der Waals surface area contributed by atoms with E-state index >= 15 is 0 Å². The van der Waals surface area contributed by atoms with Gasteiger partial charge in [0.05, 0.1) is 0 Å². The van der Waals surface area contributed by atoms with E-state index in [1.54, 1.807) is 0 Å². The Bertz CT molecular complexity index is 407. The first kappa shape index (κ1) is 41.0. The molecule has 0 aromatic rings. The smallest absolute Gasteiger partial charge is 0.00187 e. The van der Waals surface area contributed by atoms with Gasteiger partial charge in [0.2, 0.25) is 0 Å². The monoisotopic (exact) mass is 578 g/mol. The molecule has 0 rings (SSSR count). The number of rotatable bonds is 37. The Balaban J connectivity index is 3.89. The molecular weight excluding hydrogens is 494 g/mol. The summed E-state index contributed by atoms with van der Waals surface area (Å²) in [5, 5.41) is 0. The minimum atomic E-state index is 1.37. The first-order valence-electron chi connectivity index (χ1n) is 20.1. The molecule has 1 nitrogen and oxygen atoms in total. The van der Waals surface area contributed by atoms with E-state index in [9.17, 15) is 0 Å². The average molecular weight is 578 g/mol. The van der Waals surface area contributed by atoms with Crippen LogP contribution < -0.4 is 0 Å². The van der Waals surface area contributed by atoms with E-state index in [1.807, 2.05) is 0 Å². The fraction of sp³-hybridized carbons (Fsp3) is 1.00. The van der Waals surface area contributed by atoms with E-state index in [0.717, 1.165) is 0 Å². The van der Waals surface area contributed by atoms with Crippen molar-refractivity contribution in [3.05, 3.63) is 0 Å². The fourth-order valence-electron chi connectivity index (χ4n) is 6.51. The van der Waals surface area contributed by atoms with Gasteiger partial charge in [0, 0.05) is 0 Å². The van der Waals surface area contributed by atoms with Gasteiger partial charge in [0.25, 0.3) is 0 Å². The topological polar surface area (TPSA) is 3.24 Å². The molecule has 0 fully saturated rings. The van der Waals surface area contributed by atoms with Crippen molar-refractivity contribution in [2.24, 2.45) is 0 Å². The van der Waals surface area contributed by atoms with E-state index in [4.69, 9.17) is 0 Å². The Morgan fingerprint density at radius 1 is 0.195 bits per heavy atom. The highest BCUT2D eigenvalue weighted by Crippen LogP contribution is 2.15. The van der Waals surface area contributed by atoms with Crippen LogP contribution in [0.2, 0.25) is 0 Å². The summed E-state index contributed by atoms with van der Waals surface area (Å²) in [7, 11) is 0. The molecule has 0 saturated carbocycles. The van der Waals surface area contributed by atoms with Gasteiger partial charge in [0.15, 0.2) is 0 Å². The molecule has 0 aliphatic carbocycles. The predicted molar refractivity (Wildman–Crippen MR) is 190 cm³/mol. The van der Waals surface area contributed by atoms with E-state index < -0.39 is 0 Å². The molecule has 0 aromatic heterocycles. The maximum Gasteiger partial charge on any atom is -0.00187 e. The van der Waals surface area contributed by atoms with Gasteiger partial charge < -0.3 is 4.90 Å². The summed E-state index contributed by atoms with van der Waals surface area (Å²) in [4.78, 5) is 2.86. The second-order valence-electron chi connectivity index (χ2n) is 13.8. The lowest BCUT2D eigenvalue weighted by Gasteiger charge is -2.22. The van der Waals surface area contributed by atoms with E-state index in [-0.39, 0.29) is 0 Å². The molecule has 0 spiro atoms. The summed E-state index contributed by atoms with van der Waals surface area (Å²) in [6.45, 7) is 11.1. The van der Waals surface area contributed by atoms with Crippen molar-refractivity contribution >= 4 is 0 Å². The largest absolute Gasteiger partial charge is 0.303 e. The van der Waals surface area contributed by atoms with Crippen molar-refractivity contribution < 1.29 is 0 Å². The van der Waals surface area contributed by atoms with Gasteiger partial charge in [-0.1, -0.05) is 220 Å². The average Bonchev–Trinajstić information content (AvgIpc) is 2.98. The zero-order valence-electron chi connectivity index (χ0n) is 29.6. The maximum atomic E-state index is 2.86. The summed E-state index contributed by atoms with van der Waals surface area (Å²) < 4.78 is 0. The van der Waals surface area contributed by atoms with E-state index in [1.165, 1.54) is 238 Å². The summed E-state index contributed by atoms with van der Waals surface area (Å²) in [5.41, 5.74) is 0. The van der Waals surface area contributed by atoms with Crippen molar-refractivity contribution in [3.63, 3.8) is 0 Å². The fourth-order valence-corrected chi connectivity index (χ4v) is 6.51. The van der Waals surface area contributed by atoms with Crippen LogP contribution in [0.15, 0.2) is 0 Å². The highest BCUT2D eigenvalue weighted by atomic mass is 15.1. The molecule has 0 bridgehead atoms. The Morgan fingerprint density at radius 2 is 0.341 bits per heavy atom. The lowest BCUT2D eigenvalue weighted by atomic mass is 10.0. The van der Waals surface area contributed by atoms with Gasteiger partial charge in [-0.05, 0) is 38.9 Å². The number of unbranched alkanes of at least 4 members (excludes halogenated alkanes) is 31. The number of nitrogens with zero attached hydrogens (tertiary/aromatic N) is 1. The molecular formula is C40H83N. The summed E-state index contributed by atoms with van der Waals surface area (Å²) >= 11 is 0. The molecule has 0 aromatic carbocycles. The van der Waals surface area contributed by atoms with Gasteiger partial charge in [-0.2, -0.15) is 0 Å². The van der Waals surface area contributed by atoms with Crippen LogP contribution in [0.5, 0.6) is 0 Å². The Hall–Kier alpha value is -0.0400. The zero-order chi connectivity index (χ0) is 29.7. The van der Waals surface area contributed by atoms with Crippen molar-refractivity contribution in [3.8, 4) is 0 Å². The molecule has 0 radical (unpaired) electrons. The third-order valence-electron chi connectivity index (χ3n) is 9.48. The third kappa shape index (κ3) is 36.1. The molecule has 0 aliphatic heterocycles. The minimum Gasteiger partial charge on any atom is -0.303 e. The zero-order valence-corrected chi connectivity index (χ0v) is 29.6. The van der Waals surface area contributed by atoms with Crippen LogP contribution in [0.3, 0.4) is 0 Å². The van der Waals surface area contributed by atoms with Crippen molar-refractivity contribution in [2.75, 3.05) is 19.6 Å². The van der Waals surface area contributed by atoms with Gasteiger partial charge in [-0.3, -0.25) is 0 Å².